The van der Waals surface area contributed by atoms with E-state index in [1.165, 1.54) is 0 Å². The fraction of sp³-hybridized carbons (Fsp3) is 0.667. The zero-order valence-electron chi connectivity index (χ0n) is 11.7. The minimum Gasteiger partial charge on any atom is -0.467 e. The van der Waals surface area contributed by atoms with Gasteiger partial charge in [-0.05, 0) is 0 Å². The van der Waals surface area contributed by atoms with Gasteiger partial charge in [-0.3, -0.25) is 0 Å². The molecule has 0 amide bonds. The van der Waals surface area contributed by atoms with Gasteiger partial charge in [0.1, 0.15) is 0 Å². The highest BCUT2D eigenvalue weighted by Gasteiger charge is 2.31. The molecule has 6 heteroatoms. The SMILES string of the molecule is [2H]C([2H])([2H])OC(=O)[C@@H](O)[C@H](O)C(=O)OC([2H])([2H])[2H]. The maximum atomic E-state index is 10.9. The van der Waals surface area contributed by atoms with E-state index in [2.05, 4.69) is 9.47 Å². The number of esters is 2. The topological polar surface area (TPSA) is 93.1 Å². The molecule has 2 atom stereocenters. The molecule has 12 heavy (non-hydrogen) atoms. The van der Waals surface area contributed by atoms with Crippen LogP contribution < -0.4 is 0 Å². The van der Waals surface area contributed by atoms with Gasteiger partial charge in [-0.2, -0.15) is 0 Å². The lowest BCUT2D eigenvalue weighted by Crippen LogP contribution is -2.40. The maximum Gasteiger partial charge on any atom is 0.338 e. The molecular formula is C6H10O6. The number of rotatable bonds is 3. The summed E-state index contributed by atoms with van der Waals surface area (Å²) >= 11 is 0. The lowest BCUT2D eigenvalue weighted by Gasteiger charge is -2.12. The van der Waals surface area contributed by atoms with Crippen LogP contribution in [0.3, 0.4) is 0 Å². The van der Waals surface area contributed by atoms with Gasteiger partial charge in [0, 0.05) is 0 Å². The molecule has 6 nitrogen and oxygen atoms in total. The van der Waals surface area contributed by atoms with Gasteiger partial charge in [-0.15, -0.1) is 0 Å². The van der Waals surface area contributed by atoms with Crippen LogP contribution in [0.2, 0.25) is 0 Å². The largest absolute Gasteiger partial charge is 0.467 e. The summed E-state index contributed by atoms with van der Waals surface area (Å²) in [5.41, 5.74) is 0. The summed E-state index contributed by atoms with van der Waals surface area (Å²) in [7, 11) is -6.35. The number of aliphatic hydroxyl groups is 2. The van der Waals surface area contributed by atoms with Gasteiger partial charge in [0.2, 0.25) is 0 Å². The molecule has 70 valence electrons. The maximum absolute atomic E-state index is 10.9. The van der Waals surface area contributed by atoms with Gasteiger partial charge >= 0.3 is 11.9 Å². The first kappa shape index (κ1) is 4.20. The van der Waals surface area contributed by atoms with Crippen LogP contribution in [0.15, 0.2) is 0 Å². The minimum atomic E-state index is -3.17. The number of carbonyl (C=O) groups excluding carboxylic acids is 2. The van der Waals surface area contributed by atoms with Crippen molar-refractivity contribution in [2.24, 2.45) is 0 Å². The van der Waals surface area contributed by atoms with Crippen LogP contribution in [0.4, 0.5) is 0 Å². The fourth-order valence-corrected chi connectivity index (χ4v) is 0.379. The van der Waals surface area contributed by atoms with Gasteiger partial charge in [-0.1, -0.05) is 0 Å². The van der Waals surface area contributed by atoms with Crippen LogP contribution in [0.5, 0.6) is 0 Å². The van der Waals surface area contributed by atoms with Crippen LogP contribution in [0.25, 0.3) is 0 Å². The average Bonchev–Trinajstić information content (AvgIpc) is 2.09. The first-order valence-electron chi connectivity index (χ1n) is 5.65. The molecule has 0 bridgehead atoms. The first-order valence-corrected chi connectivity index (χ1v) is 2.65. The fourth-order valence-electron chi connectivity index (χ4n) is 0.379. The van der Waals surface area contributed by atoms with Gasteiger partial charge in [-0.25, -0.2) is 9.59 Å². The Morgan fingerprint density at radius 3 is 1.75 bits per heavy atom. The standard InChI is InChI=1S/C6H10O6/c1-11-5(9)3(7)4(8)6(10)12-2/h3-4,7-8H,1-2H3/t3-,4-/m0/s1/i1D3,2D3. The molecule has 0 aliphatic carbocycles. The van der Waals surface area contributed by atoms with Crippen LogP contribution in [0.1, 0.15) is 8.22 Å². The summed E-state index contributed by atoms with van der Waals surface area (Å²) in [6.45, 7) is 0. The molecule has 0 aromatic heterocycles. The zero-order chi connectivity index (χ0) is 14.7. The third-order valence-corrected chi connectivity index (χ3v) is 0.983. The minimum absolute atomic E-state index is 1.81. The van der Waals surface area contributed by atoms with Gasteiger partial charge in [0.05, 0.1) is 22.3 Å². The number of hydrogen-bond donors (Lipinski definition) is 2. The Hall–Kier alpha value is -1.14. The van der Waals surface area contributed by atoms with Crippen molar-refractivity contribution in [2.45, 2.75) is 12.2 Å². The zero-order valence-corrected chi connectivity index (χ0v) is 5.68. The molecule has 0 aliphatic heterocycles. The summed E-state index contributed by atoms with van der Waals surface area (Å²) in [5.74, 6) is -3.63. The Morgan fingerprint density at radius 1 is 1.17 bits per heavy atom. The molecule has 0 aromatic carbocycles. The van der Waals surface area contributed by atoms with Crippen LogP contribution >= 0.6 is 0 Å². The van der Waals surface area contributed by atoms with E-state index in [1.807, 2.05) is 0 Å². The van der Waals surface area contributed by atoms with E-state index in [-0.39, 0.29) is 0 Å². The van der Waals surface area contributed by atoms with Crippen molar-refractivity contribution in [1.82, 2.24) is 0 Å². The van der Waals surface area contributed by atoms with Gasteiger partial charge in [0.15, 0.2) is 12.2 Å². The summed E-state index contributed by atoms with van der Waals surface area (Å²) in [4.78, 5) is 21.9. The number of aliphatic hydroxyl groups excluding tert-OH is 2. The summed E-state index contributed by atoms with van der Waals surface area (Å²) in [5, 5.41) is 18.1. The molecule has 0 radical (unpaired) electrons. The molecule has 0 spiro atoms. The third-order valence-electron chi connectivity index (χ3n) is 0.983. The smallest absolute Gasteiger partial charge is 0.338 e. The van der Waals surface area contributed by atoms with E-state index in [0.29, 0.717) is 0 Å². The van der Waals surface area contributed by atoms with Crippen molar-refractivity contribution in [3.05, 3.63) is 0 Å². The van der Waals surface area contributed by atoms with Crippen LogP contribution in [-0.2, 0) is 19.1 Å². The highest BCUT2D eigenvalue weighted by Crippen LogP contribution is 1.97. The van der Waals surface area contributed by atoms with E-state index in [1.54, 1.807) is 0 Å². The molecule has 0 heterocycles. The van der Waals surface area contributed by atoms with E-state index in [0.717, 1.165) is 0 Å². The number of carbonyl (C=O) groups is 2. The van der Waals surface area contributed by atoms with Crippen molar-refractivity contribution < 1.29 is 37.5 Å². The lowest BCUT2D eigenvalue weighted by molar-refractivity contribution is -0.169. The van der Waals surface area contributed by atoms with E-state index >= 15 is 0 Å². The summed E-state index contributed by atoms with van der Waals surface area (Å²) in [6.07, 6.45) is -5.14. The van der Waals surface area contributed by atoms with E-state index < -0.39 is 38.2 Å². The van der Waals surface area contributed by atoms with Crippen LogP contribution in [0, 0.1) is 0 Å². The van der Waals surface area contributed by atoms with Crippen LogP contribution in [-0.4, -0.2) is 48.4 Å². The second-order valence-electron chi connectivity index (χ2n) is 1.73. The second-order valence-corrected chi connectivity index (χ2v) is 1.73. The predicted octanol–water partition coefficient (Wildman–Crippen LogP) is -1.95. The highest BCUT2D eigenvalue weighted by atomic mass is 16.6. The quantitative estimate of drug-likeness (QED) is 0.495. The highest BCUT2D eigenvalue weighted by molar-refractivity contribution is 5.85. The monoisotopic (exact) mass is 184 g/mol. The lowest BCUT2D eigenvalue weighted by atomic mass is 10.2. The third kappa shape index (κ3) is 2.48. The van der Waals surface area contributed by atoms with Crippen molar-refractivity contribution in [2.75, 3.05) is 14.1 Å². The molecule has 0 rings (SSSR count). The molecule has 0 aliphatic rings. The Labute approximate surface area is 77.1 Å². The van der Waals surface area contributed by atoms with Crippen molar-refractivity contribution in [3.8, 4) is 0 Å². The van der Waals surface area contributed by atoms with E-state index in [4.69, 9.17) is 18.4 Å². The number of methoxy groups -OCH3 is 2. The van der Waals surface area contributed by atoms with Gasteiger partial charge in [0.25, 0.3) is 0 Å². The Balaban J connectivity index is 4.55. The predicted molar refractivity (Wildman–Crippen MR) is 36.0 cm³/mol. The Kier molecular flexibility index (Phi) is 1.64. The normalized spacial score (nSPS) is 24.2. The second kappa shape index (κ2) is 4.68. The molecule has 0 unspecified atom stereocenters. The van der Waals surface area contributed by atoms with Crippen molar-refractivity contribution >= 4 is 11.9 Å². The van der Waals surface area contributed by atoms with Crippen molar-refractivity contribution in [3.63, 3.8) is 0 Å². The number of hydrogen-bond acceptors (Lipinski definition) is 6. The van der Waals surface area contributed by atoms with E-state index in [9.17, 15) is 9.59 Å². The van der Waals surface area contributed by atoms with Crippen molar-refractivity contribution in [1.29, 1.82) is 0 Å². The molecule has 0 saturated heterocycles. The molecule has 0 saturated carbocycles. The van der Waals surface area contributed by atoms with Gasteiger partial charge < -0.3 is 19.7 Å². The Morgan fingerprint density at radius 2 is 1.50 bits per heavy atom. The first-order chi connectivity index (χ1) is 7.83. The molecular weight excluding hydrogens is 168 g/mol. The Bertz CT molecular complexity index is 290. The average molecular weight is 184 g/mol. The molecule has 0 aromatic rings. The summed E-state index contributed by atoms with van der Waals surface area (Å²) < 4.78 is 46.6. The number of ether oxygens (including phenoxy) is 2. The molecule has 2 N–H and O–H groups in total. The molecule has 0 fully saturated rings. The summed E-state index contributed by atoms with van der Waals surface area (Å²) in [6, 6.07) is 0.